The first kappa shape index (κ1) is 27.7. The predicted octanol–water partition coefficient (Wildman–Crippen LogP) is 5.51. The summed E-state index contributed by atoms with van der Waals surface area (Å²) in [7, 11) is 3.06. The predicted molar refractivity (Wildman–Crippen MR) is 157 cm³/mol. The fraction of sp³-hybridized carbons (Fsp3) is 0.161. The van der Waals surface area contributed by atoms with Gasteiger partial charge in [0.05, 0.1) is 25.4 Å². The van der Waals surface area contributed by atoms with Gasteiger partial charge in [-0.25, -0.2) is 4.68 Å². The summed E-state index contributed by atoms with van der Waals surface area (Å²) in [6, 6.07) is 27.9. The summed E-state index contributed by atoms with van der Waals surface area (Å²) in [4.78, 5) is 29.7. The molecule has 1 N–H and O–H groups in total. The van der Waals surface area contributed by atoms with E-state index in [1.54, 1.807) is 47.0 Å². The van der Waals surface area contributed by atoms with E-state index in [0.29, 0.717) is 33.3 Å². The molecule has 5 rings (SSSR count). The van der Waals surface area contributed by atoms with E-state index in [-0.39, 0.29) is 19.0 Å². The summed E-state index contributed by atoms with van der Waals surface area (Å²) in [5, 5.41) is 11.9. The van der Waals surface area contributed by atoms with Gasteiger partial charge in [0.2, 0.25) is 5.91 Å². The molecule has 5 aromatic rings. The molecule has 41 heavy (non-hydrogen) atoms. The number of para-hydroxylation sites is 1. The van der Waals surface area contributed by atoms with Crippen LogP contribution in [0.1, 0.15) is 17.2 Å². The number of aromatic nitrogens is 3. The summed E-state index contributed by atoms with van der Waals surface area (Å²) in [6.45, 7) is 0.0337. The summed E-state index contributed by atoms with van der Waals surface area (Å²) in [5.41, 5.74) is 3.29. The van der Waals surface area contributed by atoms with Crippen LogP contribution in [0.25, 0.3) is 11.0 Å². The number of fused-ring (bicyclic) bond motifs is 1. The largest absolute Gasteiger partial charge is 0.497 e. The average molecular weight is 570 g/mol. The maximum absolute atomic E-state index is 14.1. The SMILES string of the molecule is COc1ccc(NC(=O)C(c2ccccc2)N(Cc2ccc(Cl)cc2)C(=O)Cn2nnc3ccccc32)c(OC)c1. The van der Waals surface area contributed by atoms with Crippen molar-refractivity contribution in [3.8, 4) is 11.5 Å². The Hall–Kier alpha value is -4.89. The normalized spacial score (nSPS) is 11.6. The number of nitrogens with one attached hydrogen (secondary N) is 1. The molecule has 9 nitrogen and oxygen atoms in total. The van der Waals surface area contributed by atoms with Crippen molar-refractivity contribution in [3.63, 3.8) is 0 Å². The van der Waals surface area contributed by atoms with Crippen LogP contribution in [0.3, 0.4) is 0 Å². The van der Waals surface area contributed by atoms with Gasteiger partial charge in [-0.05, 0) is 47.5 Å². The molecule has 1 heterocycles. The Morgan fingerprint density at radius 1 is 0.927 bits per heavy atom. The summed E-state index contributed by atoms with van der Waals surface area (Å²) in [6.07, 6.45) is 0. The highest BCUT2D eigenvalue weighted by atomic mass is 35.5. The first-order valence-corrected chi connectivity index (χ1v) is 13.2. The molecule has 1 unspecified atom stereocenters. The van der Waals surface area contributed by atoms with Crippen molar-refractivity contribution in [2.45, 2.75) is 19.1 Å². The minimum atomic E-state index is -0.985. The molecule has 0 aliphatic heterocycles. The summed E-state index contributed by atoms with van der Waals surface area (Å²) < 4.78 is 12.3. The monoisotopic (exact) mass is 569 g/mol. The zero-order chi connectivity index (χ0) is 28.8. The summed E-state index contributed by atoms with van der Waals surface area (Å²) in [5.74, 6) is 0.278. The van der Waals surface area contributed by atoms with Crippen LogP contribution in [0.2, 0.25) is 5.02 Å². The Balaban J connectivity index is 1.54. The Kier molecular flexibility index (Phi) is 8.45. The third kappa shape index (κ3) is 6.31. The highest BCUT2D eigenvalue weighted by Gasteiger charge is 2.32. The number of methoxy groups -OCH3 is 2. The maximum atomic E-state index is 14.1. The number of hydrogen-bond acceptors (Lipinski definition) is 6. The zero-order valence-electron chi connectivity index (χ0n) is 22.5. The average Bonchev–Trinajstić information content (AvgIpc) is 3.41. The maximum Gasteiger partial charge on any atom is 0.251 e. The molecular weight excluding hydrogens is 542 g/mol. The number of carbonyl (C=O) groups excluding carboxylic acids is 2. The van der Waals surface area contributed by atoms with Gasteiger partial charge in [-0.1, -0.05) is 71.4 Å². The molecule has 0 saturated heterocycles. The van der Waals surface area contributed by atoms with Crippen molar-refractivity contribution < 1.29 is 19.1 Å². The summed E-state index contributed by atoms with van der Waals surface area (Å²) >= 11 is 6.13. The minimum Gasteiger partial charge on any atom is -0.497 e. The molecule has 0 spiro atoms. The lowest BCUT2D eigenvalue weighted by atomic mass is 10.0. The molecule has 1 aromatic heterocycles. The Morgan fingerprint density at radius 2 is 1.66 bits per heavy atom. The topological polar surface area (TPSA) is 98.6 Å². The molecule has 0 bridgehead atoms. The molecule has 0 saturated carbocycles. The van der Waals surface area contributed by atoms with Crippen LogP contribution in [0.15, 0.2) is 97.1 Å². The number of amides is 2. The van der Waals surface area contributed by atoms with E-state index in [0.717, 1.165) is 11.1 Å². The van der Waals surface area contributed by atoms with Gasteiger partial charge in [0.25, 0.3) is 5.91 Å². The highest BCUT2D eigenvalue weighted by molar-refractivity contribution is 6.30. The van der Waals surface area contributed by atoms with Gasteiger partial charge in [-0.3, -0.25) is 9.59 Å². The molecule has 0 radical (unpaired) electrons. The molecule has 0 aliphatic rings. The van der Waals surface area contributed by atoms with Gasteiger partial charge in [0.1, 0.15) is 29.6 Å². The second kappa shape index (κ2) is 12.5. The molecule has 0 fully saturated rings. The smallest absolute Gasteiger partial charge is 0.251 e. The third-order valence-corrected chi connectivity index (χ3v) is 6.89. The first-order chi connectivity index (χ1) is 20.0. The second-order valence-corrected chi connectivity index (χ2v) is 9.69. The van der Waals surface area contributed by atoms with Crippen LogP contribution >= 0.6 is 11.6 Å². The van der Waals surface area contributed by atoms with E-state index in [1.807, 2.05) is 66.7 Å². The van der Waals surface area contributed by atoms with Crippen molar-refractivity contribution >= 4 is 40.1 Å². The van der Waals surface area contributed by atoms with E-state index < -0.39 is 11.9 Å². The zero-order valence-corrected chi connectivity index (χ0v) is 23.3. The van der Waals surface area contributed by atoms with Crippen molar-refractivity contribution in [1.82, 2.24) is 19.9 Å². The lowest BCUT2D eigenvalue weighted by Crippen LogP contribution is -2.42. The number of nitrogens with zero attached hydrogens (tertiary/aromatic N) is 4. The molecule has 2 amide bonds. The first-order valence-electron chi connectivity index (χ1n) is 12.9. The number of carbonyl (C=O) groups is 2. The Morgan fingerprint density at radius 3 is 2.39 bits per heavy atom. The van der Waals surface area contributed by atoms with E-state index in [2.05, 4.69) is 15.6 Å². The van der Waals surface area contributed by atoms with Crippen molar-refractivity contribution in [3.05, 3.63) is 113 Å². The van der Waals surface area contributed by atoms with Crippen LogP contribution in [0.5, 0.6) is 11.5 Å². The van der Waals surface area contributed by atoms with E-state index in [4.69, 9.17) is 21.1 Å². The molecular formula is C31H28ClN5O4. The van der Waals surface area contributed by atoms with E-state index in [1.165, 1.54) is 7.11 Å². The van der Waals surface area contributed by atoms with Crippen LogP contribution < -0.4 is 14.8 Å². The van der Waals surface area contributed by atoms with Crippen molar-refractivity contribution in [2.24, 2.45) is 0 Å². The Labute approximate surface area is 242 Å². The molecule has 208 valence electrons. The van der Waals surface area contributed by atoms with Gasteiger partial charge in [0.15, 0.2) is 0 Å². The Bertz CT molecular complexity index is 1660. The van der Waals surface area contributed by atoms with Crippen LogP contribution in [0, 0.1) is 0 Å². The van der Waals surface area contributed by atoms with Gasteiger partial charge >= 0.3 is 0 Å². The number of halogens is 1. The molecule has 4 aromatic carbocycles. The lowest BCUT2D eigenvalue weighted by molar-refractivity contribution is -0.140. The minimum absolute atomic E-state index is 0.115. The number of anilines is 1. The van der Waals surface area contributed by atoms with Gasteiger partial charge in [-0.2, -0.15) is 0 Å². The number of hydrogen-bond donors (Lipinski definition) is 1. The van der Waals surface area contributed by atoms with E-state index >= 15 is 0 Å². The highest BCUT2D eigenvalue weighted by Crippen LogP contribution is 2.32. The second-order valence-electron chi connectivity index (χ2n) is 9.25. The van der Waals surface area contributed by atoms with Gasteiger partial charge in [-0.15, -0.1) is 5.10 Å². The van der Waals surface area contributed by atoms with Crippen LogP contribution in [0.4, 0.5) is 5.69 Å². The molecule has 0 aliphatic carbocycles. The lowest BCUT2D eigenvalue weighted by Gasteiger charge is -2.32. The number of rotatable bonds is 10. The number of ether oxygens (including phenoxy) is 2. The standard InChI is InChI=1S/C31H28ClN5O4/c1-40-24-16-17-26(28(18-24)41-2)33-31(39)30(22-8-4-3-5-9-22)36(19-21-12-14-23(32)15-13-21)29(38)20-37-27-11-7-6-10-25(27)34-35-37/h3-18,30H,19-20H2,1-2H3,(H,33,39). The van der Waals surface area contributed by atoms with Crippen molar-refractivity contribution in [2.75, 3.05) is 19.5 Å². The molecule has 1 atom stereocenters. The van der Waals surface area contributed by atoms with Crippen LogP contribution in [-0.2, 0) is 22.7 Å². The molecule has 10 heteroatoms. The fourth-order valence-electron chi connectivity index (χ4n) is 4.57. The fourth-order valence-corrected chi connectivity index (χ4v) is 4.70. The van der Waals surface area contributed by atoms with Gasteiger partial charge < -0.3 is 19.7 Å². The van der Waals surface area contributed by atoms with Gasteiger partial charge in [0, 0.05) is 17.6 Å². The third-order valence-electron chi connectivity index (χ3n) is 6.63. The van der Waals surface area contributed by atoms with Crippen molar-refractivity contribution in [1.29, 1.82) is 0 Å². The quantitative estimate of drug-likeness (QED) is 0.238. The number of benzene rings is 4. The van der Waals surface area contributed by atoms with E-state index in [9.17, 15) is 9.59 Å². The van der Waals surface area contributed by atoms with Crippen LogP contribution in [-0.4, -0.2) is 45.9 Å².